The predicted octanol–water partition coefficient (Wildman–Crippen LogP) is 5.79. The van der Waals surface area contributed by atoms with Crippen LogP contribution < -0.4 is 0 Å². The zero-order chi connectivity index (χ0) is 15.2. The standard InChI is InChI=1S/C20H22O2/c1-2-3-5-11-17-13-14-19(22-17)20(18-12-8-15-21-18)16-9-6-4-7-10-16/h4,6-10,12-15,20H,2-3,5,11H2,1H3. The van der Waals surface area contributed by atoms with E-state index in [9.17, 15) is 0 Å². The first-order chi connectivity index (χ1) is 10.9. The first kappa shape index (κ1) is 14.7. The van der Waals surface area contributed by atoms with Crippen molar-refractivity contribution in [1.29, 1.82) is 0 Å². The molecule has 1 unspecified atom stereocenters. The van der Waals surface area contributed by atoms with Crippen molar-refractivity contribution in [3.63, 3.8) is 0 Å². The Balaban J connectivity index is 1.87. The van der Waals surface area contributed by atoms with Crippen LogP contribution in [0.25, 0.3) is 0 Å². The minimum Gasteiger partial charge on any atom is -0.468 e. The molecule has 0 spiro atoms. The fourth-order valence-electron chi connectivity index (χ4n) is 2.80. The van der Waals surface area contributed by atoms with Gasteiger partial charge in [-0.25, -0.2) is 0 Å². The molecule has 2 aromatic heterocycles. The van der Waals surface area contributed by atoms with Crippen LogP contribution in [0.3, 0.4) is 0 Å². The van der Waals surface area contributed by atoms with Gasteiger partial charge in [0.25, 0.3) is 0 Å². The first-order valence-corrected chi connectivity index (χ1v) is 8.05. The topological polar surface area (TPSA) is 26.3 Å². The molecule has 3 rings (SSSR count). The Morgan fingerprint density at radius 2 is 1.73 bits per heavy atom. The van der Waals surface area contributed by atoms with Crippen molar-refractivity contribution in [3.8, 4) is 0 Å². The van der Waals surface area contributed by atoms with E-state index in [1.807, 2.05) is 18.2 Å². The first-order valence-electron chi connectivity index (χ1n) is 8.05. The minimum atomic E-state index is 0.0242. The van der Waals surface area contributed by atoms with Gasteiger partial charge in [0.1, 0.15) is 23.2 Å². The quantitative estimate of drug-likeness (QED) is 0.516. The van der Waals surface area contributed by atoms with Gasteiger partial charge < -0.3 is 8.83 Å². The molecule has 2 heterocycles. The maximum atomic E-state index is 6.11. The van der Waals surface area contributed by atoms with Crippen LogP contribution in [0.5, 0.6) is 0 Å². The van der Waals surface area contributed by atoms with Crippen molar-refractivity contribution in [3.05, 3.63) is 83.7 Å². The Kier molecular flexibility index (Phi) is 4.79. The molecule has 1 aromatic carbocycles. The number of unbranched alkanes of at least 4 members (excludes halogenated alkanes) is 2. The van der Waals surface area contributed by atoms with Crippen LogP contribution in [0.1, 0.15) is 54.9 Å². The SMILES string of the molecule is CCCCCc1ccc(C(c2ccccc2)c2ccco2)o1. The lowest BCUT2D eigenvalue weighted by Crippen LogP contribution is -2.00. The van der Waals surface area contributed by atoms with E-state index in [2.05, 4.69) is 43.3 Å². The maximum absolute atomic E-state index is 6.11. The van der Waals surface area contributed by atoms with Crippen LogP contribution in [0.15, 0.2) is 69.7 Å². The molecular formula is C20H22O2. The van der Waals surface area contributed by atoms with Crippen LogP contribution in [-0.2, 0) is 6.42 Å². The smallest absolute Gasteiger partial charge is 0.119 e. The minimum absolute atomic E-state index is 0.0242. The van der Waals surface area contributed by atoms with Crippen molar-refractivity contribution in [2.75, 3.05) is 0 Å². The van der Waals surface area contributed by atoms with Gasteiger partial charge in [0, 0.05) is 6.42 Å². The average molecular weight is 294 g/mol. The number of benzene rings is 1. The van der Waals surface area contributed by atoms with Crippen LogP contribution in [0, 0.1) is 0 Å². The average Bonchev–Trinajstić information content (AvgIpc) is 3.22. The van der Waals surface area contributed by atoms with E-state index >= 15 is 0 Å². The number of furan rings is 2. The molecule has 0 fully saturated rings. The number of hydrogen-bond acceptors (Lipinski definition) is 2. The lowest BCUT2D eigenvalue weighted by molar-refractivity contribution is 0.424. The summed E-state index contributed by atoms with van der Waals surface area (Å²) < 4.78 is 11.8. The van der Waals surface area contributed by atoms with Crippen molar-refractivity contribution in [2.45, 2.75) is 38.5 Å². The summed E-state index contributed by atoms with van der Waals surface area (Å²) in [7, 11) is 0. The normalized spacial score (nSPS) is 12.4. The van der Waals surface area contributed by atoms with E-state index in [1.165, 1.54) is 24.8 Å². The van der Waals surface area contributed by atoms with Gasteiger partial charge in [-0.05, 0) is 36.2 Å². The maximum Gasteiger partial charge on any atom is 0.119 e. The van der Waals surface area contributed by atoms with Crippen LogP contribution >= 0.6 is 0 Å². The van der Waals surface area contributed by atoms with Crippen molar-refractivity contribution >= 4 is 0 Å². The van der Waals surface area contributed by atoms with Crippen LogP contribution in [-0.4, -0.2) is 0 Å². The molecular weight excluding hydrogens is 272 g/mol. The van der Waals surface area contributed by atoms with E-state index in [4.69, 9.17) is 8.83 Å². The molecule has 0 amide bonds. The van der Waals surface area contributed by atoms with Crippen molar-refractivity contribution in [1.82, 2.24) is 0 Å². The van der Waals surface area contributed by atoms with Gasteiger partial charge in [-0.15, -0.1) is 0 Å². The zero-order valence-electron chi connectivity index (χ0n) is 13.0. The third-order valence-electron chi connectivity index (χ3n) is 3.95. The summed E-state index contributed by atoms with van der Waals surface area (Å²) >= 11 is 0. The highest BCUT2D eigenvalue weighted by Gasteiger charge is 2.22. The molecule has 0 aliphatic rings. The Hall–Kier alpha value is -2.22. The highest BCUT2D eigenvalue weighted by atomic mass is 16.4. The molecule has 3 aromatic rings. The molecule has 0 bridgehead atoms. The van der Waals surface area contributed by atoms with Gasteiger partial charge in [0.15, 0.2) is 0 Å². The Morgan fingerprint density at radius 3 is 2.45 bits per heavy atom. The molecule has 0 saturated carbocycles. The lowest BCUT2D eigenvalue weighted by Gasteiger charge is -2.12. The molecule has 2 heteroatoms. The number of rotatable bonds is 7. The van der Waals surface area contributed by atoms with Gasteiger partial charge in [0.05, 0.1) is 6.26 Å². The number of aryl methyl sites for hydroxylation is 1. The third-order valence-corrected chi connectivity index (χ3v) is 3.95. The van der Waals surface area contributed by atoms with Gasteiger partial charge >= 0.3 is 0 Å². The van der Waals surface area contributed by atoms with E-state index < -0.39 is 0 Å². The molecule has 22 heavy (non-hydrogen) atoms. The Labute approximate surface area is 131 Å². The van der Waals surface area contributed by atoms with E-state index in [0.29, 0.717) is 0 Å². The lowest BCUT2D eigenvalue weighted by atomic mass is 9.94. The summed E-state index contributed by atoms with van der Waals surface area (Å²) in [5, 5.41) is 0. The van der Waals surface area contributed by atoms with E-state index in [1.54, 1.807) is 6.26 Å². The van der Waals surface area contributed by atoms with Crippen molar-refractivity contribution in [2.24, 2.45) is 0 Å². The Bertz CT molecular complexity index is 665. The largest absolute Gasteiger partial charge is 0.468 e. The second-order valence-corrected chi connectivity index (χ2v) is 5.62. The van der Waals surface area contributed by atoms with Crippen molar-refractivity contribution < 1.29 is 8.83 Å². The van der Waals surface area contributed by atoms with Gasteiger partial charge in [0.2, 0.25) is 0 Å². The Morgan fingerprint density at radius 1 is 0.864 bits per heavy atom. The second kappa shape index (κ2) is 7.17. The summed E-state index contributed by atoms with van der Waals surface area (Å²) in [5.74, 6) is 2.96. The molecule has 0 N–H and O–H groups in total. The summed E-state index contributed by atoms with van der Waals surface area (Å²) in [6, 6.07) is 18.5. The molecule has 0 aliphatic heterocycles. The molecule has 0 saturated heterocycles. The highest BCUT2D eigenvalue weighted by Crippen LogP contribution is 2.33. The van der Waals surface area contributed by atoms with Gasteiger partial charge in [-0.3, -0.25) is 0 Å². The molecule has 2 nitrogen and oxygen atoms in total. The molecule has 114 valence electrons. The molecule has 0 aliphatic carbocycles. The highest BCUT2D eigenvalue weighted by molar-refractivity contribution is 5.35. The molecule has 0 radical (unpaired) electrons. The summed E-state index contributed by atoms with van der Waals surface area (Å²) in [4.78, 5) is 0. The summed E-state index contributed by atoms with van der Waals surface area (Å²) in [6.07, 6.45) is 6.38. The second-order valence-electron chi connectivity index (χ2n) is 5.62. The fraction of sp³-hybridized carbons (Fsp3) is 0.300. The van der Waals surface area contributed by atoms with Gasteiger partial charge in [-0.1, -0.05) is 50.1 Å². The van der Waals surface area contributed by atoms with E-state index in [-0.39, 0.29) is 5.92 Å². The fourth-order valence-corrected chi connectivity index (χ4v) is 2.80. The van der Waals surface area contributed by atoms with Gasteiger partial charge in [-0.2, -0.15) is 0 Å². The monoisotopic (exact) mass is 294 g/mol. The number of hydrogen-bond donors (Lipinski definition) is 0. The summed E-state index contributed by atoms with van der Waals surface area (Å²) in [6.45, 7) is 2.22. The molecule has 1 atom stereocenters. The van der Waals surface area contributed by atoms with Crippen LogP contribution in [0.4, 0.5) is 0 Å². The van der Waals surface area contributed by atoms with Crippen LogP contribution in [0.2, 0.25) is 0 Å². The predicted molar refractivity (Wildman–Crippen MR) is 88.0 cm³/mol. The zero-order valence-corrected chi connectivity index (χ0v) is 13.0. The van der Waals surface area contributed by atoms with E-state index in [0.717, 1.165) is 23.7 Å². The third kappa shape index (κ3) is 3.33. The summed E-state index contributed by atoms with van der Waals surface area (Å²) in [5.41, 5.74) is 1.19.